The van der Waals surface area contributed by atoms with Crippen molar-refractivity contribution >= 4 is 11.9 Å². The van der Waals surface area contributed by atoms with Crippen LogP contribution in [0.4, 0.5) is 0 Å². The van der Waals surface area contributed by atoms with Crippen LogP contribution in [0.5, 0.6) is 0 Å². The molecule has 1 rings (SSSR count). The topological polar surface area (TPSA) is 68.5 Å². The van der Waals surface area contributed by atoms with Gasteiger partial charge in [-0.2, -0.15) is 0 Å². The fourth-order valence-electron chi connectivity index (χ4n) is 1.09. The minimum absolute atomic E-state index is 0.0670. The number of hydrogen-bond acceptors (Lipinski definition) is 3. The van der Waals surface area contributed by atoms with Crippen molar-refractivity contribution in [2.24, 2.45) is 0 Å². The van der Waals surface area contributed by atoms with Crippen molar-refractivity contribution < 1.29 is 19.4 Å². The van der Waals surface area contributed by atoms with E-state index in [-0.39, 0.29) is 12.2 Å². The Balaban J connectivity index is 2.71. The molecule has 5 heteroatoms. The molecular weight excluding hydrogens is 186 g/mol. The molecule has 0 radical (unpaired) electrons. The van der Waals surface area contributed by atoms with Crippen LogP contribution in [0.2, 0.25) is 0 Å². The first-order valence-corrected chi connectivity index (χ1v) is 4.19. The van der Waals surface area contributed by atoms with E-state index < -0.39 is 11.9 Å². The lowest BCUT2D eigenvalue weighted by molar-refractivity contribution is -0.143. The quantitative estimate of drug-likeness (QED) is 0.723. The van der Waals surface area contributed by atoms with Gasteiger partial charge in [0, 0.05) is 6.20 Å². The zero-order valence-electron chi connectivity index (χ0n) is 7.77. The van der Waals surface area contributed by atoms with Crippen molar-refractivity contribution in [2.45, 2.75) is 13.5 Å². The van der Waals surface area contributed by atoms with Gasteiger partial charge in [-0.25, -0.2) is 4.79 Å². The fourth-order valence-corrected chi connectivity index (χ4v) is 1.09. The normalized spacial score (nSPS) is 9.79. The van der Waals surface area contributed by atoms with Gasteiger partial charge in [-0.3, -0.25) is 4.79 Å². The molecule has 0 unspecified atom stereocenters. The van der Waals surface area contributed by atoms with E-state index in [1.165, 1.54) is 16.8 Å². The van der Waals surface area contributed by atoms with E-state index >= 15 is 0 Å². The lowest BCUT2D eigenvalue weighted by Crippen LogP contribution is -2.16. The van der Waals surface area contributed by atoms with Gasteiger partial charge in [0.2, 0.25) is 0 Å². The summed E-state index contributed by atoms with van der Waals surface area (Å²) in [6.07, 6.45) is 1.53. The highest BCUT2D eigenvalue weighted by Gasteiger charge is 2.11. The molecule has 0 aliphatic heterocycles. The third-order valence-corrected chi connectivity index (χ3v) is 1.65. The Hall–Kier alpha value is -1.78. The summed E-state index contributed by atoms with van der Waals surface area (Å²) in [6, 6.07) is 3.00. The summed E-state index contributed by atoms with van der Waals surface area (Å²) in [4.78, 5) is 21.7. The van der Waals surface area contributed by atoms with E-state index in [1.807, 2.05) is 0 Å². The molecule has 76 valence electrons. The zero-order chi connectivity index (χ0) is 10.6. The van der Waals surface area contributed by atoms with Crippen molar-refractivity contribution in [1.29, 1.82) is 0 Å². The molecule has 0 aliphatic rings. The molecular formula is C9H11NO4. The smallest absolute Gasteiger partial charge is 0.352 e. The average Bonchev–Trinajstić information content (AvgIpc) is 2.52. The van der Waals surface area contributed by atoms with E-state index in [1.54, 1.807) is 13.0 Å². The number of ether oxygens (including phenoxy) is 1. The summed E-state index contributed by atoms with van der Waals surface area (Å²) < 4.78 is 6.03. The Labute approximate surface area is 80.9 Å². The zero-order valence-corrected chi connectivity index (χ0v) is 7.77. The summed E-state index contributed by atoms with van der Waals surface area (Å²) >= 11 is 0. The van der Waals surface area contributed by atoms with Crippen LogP contribution in [0.3, 0.4) is 0 Å². The Kier molecular flexibility index (Phi) is 3.28. The monoisotopic (exact) mass is 197 g/mol. The molecule has 0 amide bonds. The van der Waals surface area contributed by atoms with Gasteiger partial charge in [-0.05, 0) is 19.1 Å². The molecule has 0 saturated heterocycles. The van der Waals surface area contributed by atoms with Crippen LogP contribution >= 0.6 is 0 Å². The van der Waals surface area contributed by atoms with Crippen molar-refractivity contribution in [3.8, 4) is 0 Å². The third kappa shape index (κ3) is 2.35. The van der Waals surface area contributed by atoms with E-state index in [4.69, 9.17) is 9.84 Å². The first-order valence-electron chi connectivity index (χ1n) is 4.19. The fraction of sp³-hybridized carbons (Fsp3) is 0.333. The molecule has 0 fully saturated rings. The van der Waals surface area contributed by atoms with Gasteiger partial charge >= 0.3 is 11.9 Å². The van der Waals surface area contributed by atoms with Crippen LogP contribution in [0.15, 0.2) is 18.3 Å². The molecule has 1 heterocycles. The lowest BCUT2D eigenvalue weighted by atomic mass is 10.4. The molecule has 0 atom stereocenters. The van der Waals surface area contributed by atoms with Crippen molar-refractivity contribution in [1.82, 2.24) is 4.57 Å². The predicted molar refractivity (Wildman–Crippen MR) is 48.0 cm³/mol. The molecule has 0 aliphatic carbocycles. The molecule has 1 N–H and O–H groups in total. The number of nitrogens with zero attached hydrogens (tertiary/aromatic N) is 1. The molecule has 1 aromatic heterocycles. The highest BCUT2D eigenvalue weighted by atomic mass is 16.5. The van der Waals surface area contributed by atoms with Gasteiger partial charge < -0.3 is 14.4 Å². The Morgan fingerprint density at radius 1 is 1.57 bits per heavy atom. The Bertz CT molecular complexity index is 342. The number of hydrogen-bond donors (Lipinski definition) is 1. The van der Waals surface area contributed by atoms with Crippen LogP contribution in [0.25, 0.3) is 0 Å². The highest BCUT2D eigenvalue weighted by molar-refractivity contribution is 5.86. The number of aromatic carboxylic acids is 1. The maximum absolute atomic E-state index is 11.0. The highest BCUT2D eigenvalue weighted by Crippen LogP contribution is 2.02. The number of rotatable bonds is 4. The predicted octanol–water partition coefficient (Wildman–Crippen LogP) is 0.749. The summed E-state index contributed by atoms with van der Waals surface area (Å²) in [7, 11) is 0. The minimum atomic E-state index is -1.06. The second-order valence-electron chi connectivity index (χ2n) is 2.63. The van der Waals surface area contributed by atoms with Crippen LogP contribution in [0, 0.1) is 0 Å². The lowest BCUT2D eigenvalue weighted by Gasteiger charge is -2.05. The van der Waals surface area contributed by atoms with Crippen molar-refractivity contribution in [3.05, 3.63) is 24.0 Å². The summed E-state index contributed by atoms with van der Waals surface area (Å²) in [5, 5.41) is 8.72. The second kappa shape index (κ2) is 4.45. The van der Waals surface area contributed by atoms with Gasteiger partial charge in [0.1, 0.15) is 12.2 Å². The second-order valence-corrected chi connectivity index (χ2v) is 2.63. The van der Waals surface area contributed by atoms with E-state index in [9.17, 15) is 9.59 Å². The number of carboxylic acids is 1. The number of esters is 1. The van der Waals surface area contributed by atoms with Gasteiger partial charge in [-0.15, -0.1) is 0 Å². The van der Waals surface area contributed by atoms with Crippen molar-refractivity contribution in [3.63, 3.8) is 0 Å². The summed E-state index contributed by atoms with van der Waals surface area (Å²) in [5.41, 5.74) is 0.0815. The van der Waals surface area contributed by atoms with Crippen LogP contribution in [-0.2, 0) is 16.1 Å². The molecule has 0 saturated carbocycles. The van der Waals surface area contributed by atoms with Crippen LogP contribution < -0.4 is 0 Å². The average molecular weight is 197 g/mol. The van der Waals surface area contributed by atoms with Crippen molar-refractivity contribution in [2.75, 3.05) is 6.61 Å². The molecule has 14 heavy (non-hydrogen) atoms. The van der Waals surface area contributed by atoms with Gasteiger partial charge in [-0.1, -0.05) is 0 Å². The Morgan fingerprint density at radius 3 is 2.86 bits per heavy atom. The largest absolute Gasteiger partial charge is 0.477 e. The van der Waals surface area contributed by atoms with Gasteiger partial charge in [0.05, 0.1) is 6.61 Å². The first kappa shape index (κ1) is 10.3. The first-order chi connectivity index (χ1) is 6.65. The summed E-state index contributed by atoms with van der Waals surface area (Å²) in [6.45, 7) is 1.93. The molecule has 0 bridgehead atoms. The number of carbonyl (C=O) groups excluding carboxylic acids is 1. The molecule has 1 aromatic rings. The molecule has 0 spiro atoms. The maximum Gasteiger partial charge on any atom is 0.352 e. The summed E-state index contributed by atoms with van der Waals surface area (Å²) in [5.74, 6) is -1.49. The molecule has 5 nitrogen and oxygen atoms in total. The van der Waals surface area contributed by atoms with Crippen LogP contribution in [0.1, 0.15) is 17.4 Å². The standard InChI is InChI=1S/C9H11NO4/c1-2-14-8(11)6-10-5-3-4-7(10)9(12)13/h3-5H,2,6H2,1H3,(H,12,13). The van der Waals surface area contributed by atoms with E-state index in [2.05, 4.69) is 0 Å². The van der Waals surface area contributed by atoms with Gasteiger partial charge in [0.15, 0.2) is 0 Å². The van der Waals surface area contributed by atoms with E-state index in [0.717, 1.165) is 0 Å². The number of carbonyl (C=O) groups is 2. The SMILES string of the molecule is CCOC(=O)Cn1cccc1C(=O)O. The third-order valence-electron chi connectivity index (χ3n) is 1.65. The Morgan fingerprint density at radius 2 is 2.29 bits per heavy atom. The van der Waals surface area contributed by atoms with Crippen LogP contribution in [-0.4, -0.2) is 28.2 Å². The van der Waals surface area contributed by atoms with Gasteiger partial charge in [0.25, 0.3) is 0 Å². The molecule has 0 aromatic carbocycles. The maximum atomic E-state index is 11.0. The minimum Gasteiger partial charge on any atom is -0.477 e. The number of carboxylic acid groups (broad SMARTS) is 1. The van der Waals surface area contributed by atoms with E-state index in [0.29, 0.717) is 6.61 Å². The number of aromatic nitrogens is 1.